The van der Waals surface area contributed by atoms with Gasteiger partial charge in [-0.25, -0.2) is 0 Å². The molecule has 0 aromatic heterocycles. The number of benzene rings is 1. The molecule has 0 radical (unpaired) electrons. The predicted molar refractivity (Wildman–Crippen MR) is 76.5 cm³/mol. The van der Waals surface area contributed by atoms with Gasteiger partial charge in [-0.05, 0) is 56.3 Å². The van der Waals surface area contributed by atoms with Crippen LogP contribution >= 0.6 is 0 Å². The van der Waals surface area contributed by atoms with Crippen molar-refractivity contribution in [1.29, 1.82) is 0 Å². The van der Waals surface area contributed by atoms with Gasteiger partial charge in [0.2, 0.25) is 0 Å². The van der Waals surface area contributed by atoms with Crippen LogP contribution in [0.5, 0.6) is 0 Å². The van der Waals surface area contributed by atoms with E-state index < -0.39 is 0 Å². The Morgan fingerprint density at radius 3 is 2.35 bits per heavy atom. The monoisotopic (exact) mass is 233 g/mol. The molecule has 0 amide bonds. The van der Waals surface area contributed by atoms with Gasteiger partial charge in [-0.3, -0.25) is 0 Å². The minimum atomic E-state index is 0.704. The van der Waals surface area contributed by atoms with Crippen molar-refractivity contribution in [3.63, 3.8) is 0 Å². The molecule has 1 unspecified atom stereocenters. The zero-order valence-electron chi connectivity index (χ0n) is 12.0. The average molecular weight is 233 g/mol. The zero-order valence-corrected chi connectivity index (χ0v) is 12.0. The molecule has 1 aromatic rings. The van der Waals surface area contributed by atoms with Crippen LogP contribution < -0.4 is 5.32 Å². The maximum Gasteiger partial charge on any atom is -0.00199 e. The number of nitrogens with one attached hydrogen (secondary N) is 1. The first-order chi connectivity index (χ1) is 7.99. The first-order valence-corrected chi connectivity index (χ1v) is 6.76. The quantitative estimate of drug-likeness (QED) is 0.789. The standard InChI is InChI=1S/C16H27N/c1-12(2)10-17-11-14(4)9-16-7-6-13(3)8-15(16)5/h6-8,12,14,17H,9-11H2,1-5H3. The van der Waals surface area contributed by atoms with Crippen LogP contribution in [-0.2, 0) is 6.42 Å². The van der Waals surface area contributed by atoms with Gasteiger partial charge in [0.25, 0.3) is 0 Å². The highest BCUT2D eigenvalue weighted by atomic mass is 14.9. The van der Waals surface area contributed by atoms with Gasteiger partial charge >= 0.3 is 0 Å². The van der Waals surface area contributed by atoms with Crippen LogP contribution in [0.15, 0.2) is 18.2 Å². The number of hydrogen-bond acceptors (Lipinski definition) is 1. The number of hydrogen-bond donors (Lipinski definition) is 1. The molecule has 0 aliphatic carbocycles. The van der Waals surface area contributed by atoms with Crippen LogP contribution in [0.1, 0.15) is 37.5 Å². The van der Waals surface area contributed by atoms with Gasteiger partial charge in [0.05, 0.1) is 0 Å². The van der Waals surface area contributed by atoms with Crippen LogP contribution in [-0.4, -0.2) is 13.1 Å². The van der Waals surface area contributed by atoms with Crippen molar-refractivity contribution in [2.24, 2.45) is 11.8 Å². The van der Waals surface area contributed by atoms with Gasteiger partial charge in [-0.2, -0.15) is 0 Å². The Balaban J connectivity index is 2.42. The molecule has 1 aromatic carbocycles. The molecule has 1 N–H and O–H groups in total. The van der Waals surface area contributed by atoms with Gasteiger partial charge in [0, 0.05) is 0 Å². The summed E-state index contributed by atoms with van der Waals surface area (Å²) in [6.45, 7) is 13.4. The SMILES string of the molecule is Cc1ccc(CC(C)CNCC(C)C)c(C)c1. The summed E-state index contributed by atoms with van der Waals surface area (Å²) >= 11 is 0. The first kappa shape index (κ1) is 14.2. The molecule has 0 aliphatic heterocycles. The predicted octanol–water partition coefficient (Wildman–Crippen LogP) is 3.73. The van der Waals surface area contributed by atoms with Gasteiger partial charge in [0.1, 0.15) is 0 Å². The molecule has 1 rings (SSSR count). The topological polar surface area (TPSA) is 12.0 Å². The third-order valence-electron chi connectivity index (χ3n) is 3.11. The van der Waals surface area contributed by atoms with Crippen LogP contribution in [0.3, 0.4) is 0 Å². The molecule has 1 heteroatoms. The highest BCUT2D eigenvalue weighted by Gasteiger charge is 2.06. The summed E-state index contributed by atoms with van der Waals surface area (Å²) in [5.41, 5.74) is 4.28. The summed E-state index contributed by atoms with van der Waals surface area (Å²) < 4.78 is 0. The maximum atomic E-state index is 3.54. The average Bonchev–Trinajstić information content (AvgIpc) is 2.21. The highest BCUT2D eigenvalue weighted by Crippen LogP contribution is 2.14. The summed E-state index contributed by atoms with van der Waals surface area (Å²) in [5.74, 6) is 1.44. The summed E-state index contributed by atoms with van der Waals surface area (Å²) in [7, 11) is 0. The number of rotatable bonds is 6. The lowest BCUT2D eigenvalue weighted by molar-refractivity contribution is 0.473. The lowest BCUT2D eigenvalue weighted by Crippen LogP contribution is -2.26. The maximum absolute atomic E-state index is 3.54. The van der Waals surface area contributed by atoms with Crippen LogP contribution in [0.25, 0.3) is 0 Å². The molecule has 0 saturated carbocycles. The van der Waals surface area contributed by atoms with Crippen LogP contribution in [0, 0.1) is 25.7 Å². The largest absolute Gasteiger partial charge is 0.316 e. The van der Waals surface area contributed by atoms with E-state index in [0.717, 1.165) is 19.0 Å². The second-order valence-corrected chi connectivity index (χ2v) is 5.79. The number of aryl methyl sites for hydroxylation is 2. The molecular formula is C16H27N. The highest BCUT2D eigenvalue weighted by molar-refractivity contribution is 5.30. The van der Waals surface area contributed by atoms with Crippen LogP contribution in [0.2, 0.25) is 0 Å². The molecule has 17 heavy (non-hydrogen) atoms. The molecule has 0 bridgehead atoms. The summed E-state index contributed by atoms with van der Waals surface area (Å²) in [4.78, 5) is 0. The van der Waals surface area contributed by atoms with Gasteiger partial charge < -0.3 is 5.32 Å². The third-order valence-corrected chi connectivity index (χ3v) is 3.11. The molecule has 0 aliphatic rings. The smallest absolute Gasteiger partial charge is 0.00199 e. The Hall–Kier alpha value is -0.820. The van der Waals surface area contributed by atoms with E-state index in [-0.39, 0.29) is 0 Å². The summed E-state index contributed by atoms with van der Waals surface area (Å²) in [5, 5.41) is 3.54. The first-order valence-electron chi connectivity index (χ1n) is 6.76. The summed E-state index contributed by atoms with van der Waals surface area (Å²) in [6.07, 6.45) is 1.18. The fourth-order valence-corrected chi connectivity index (χ4v) is 2.14. The lowest BCUT2D eigenvalue weighted by atomic mass is 9.96. The van der Waals surface area contributed by atoms with Gasteiger partial charge in [0.15, 0.2) is 0 Å². The molecule has 0 heterocycles. The zero-order chi connectivity index (χ0) is 12.8. The Morgan fingerprint density at radius 1 is 1.06 bits per heavy atom. The minimum Gasteiger partial charge on any atom is -0.316 e. The van der Waals surface area contributed by atoms with E-state index in [1.807, 2.05) is 0 Å². The third kappa shape index (κ3) is 5.36. The lowest BCUT2D eigenvalue weighted by Gasteiger charge is -2.15. The molecule has 0 fully saturated rings. The fraction of sp³-hybridized carbons (Fsp3) is 0.625. The minimum absolute atomic E-state index is 0.704. The van der Waals surface area contributed by atoms with Crippen LogP contribution in [0.4, 0.5) is 0 Å². The van der Waals surface area contributed by atoms with E-state index >= 15 is 0 Å². The van der Waals surface area contributed by atoms with E-state index in [9.17, 15) is 0 Å². The van der Waals surface area contributed by atoms with E-state index in [4.69, 9.17) is 0 Å². The van der Waals surface area contributed by atoms with Crippen molar-refractivity contribution in [2.75, 3.05) is 13.1 Å². The van der Waals surface area contributed by atoms with Gasteiger partial charge in [-0.1, -0.05) is 44.5 Å². The fourth-order valence-electron chi connectivity index (χ4n) is 2.14. The van der Waals surface area contributed by atoms with E-state index in [1.54, 1.807) is 0 Å². The molecule has 1 nitrogen and oxygen atoms in total. The molecule has 0 spiro atoms. The van der Waals surface area contributed by atoms with Gasteiger partial charge in [-0.15, -0.1) is 0 Å². The van der Waals surface area contributed by atoms with E-state index in [0.29, 0.717) is 5.92 Å². The Morgan fingerprint density at radius 2 is 1.76 bits per heavy atom. The molecule has 0 saturated heterocycles. The van der Waals surface area contributed by atoms with E-state index in [1.165, 1.54) is 23.1 Å². The molecule has 1 atom stereocenters. The van der Waals surface area contributed by atoms with Crippen molar-refractivity contribution in [2.45, 2.75) is 41.0 Å². The Bertz CT molecular complexity index is 341. The Labute approximate surface area is 107 Å². The second-order valence-electron chi connectivity index (χ2n) is 5.79. The summed E-state index contributed by atoms with van der Waals surface area (Å²) in [6, 6.07) is 6.78. The van der Waals surface area contributed by atoms with Crippen molar-refractivity contribution in [1.82, 2.24) is 5.32 Å². The molecule has 96 valence electrons. The normalized spacial score (nSPS) is 13.1. The second kappa shape index (κ2) is 6.80. The van der Waals surface area contributed by atoms with E-state index in [2.05, 4.69) is 58.1 Å². The molecular weight excluding hydrogens is 206 g/mol. The van der Waals surface area contributed by atoms with Crippen molar-refractivity contribution < 1.29 is 0 Å². The van der Waals surface area contributed by atoms with Crippen molar-refractivity contribution >= 4 is 0 Å². The van der Waals surface area contributed by atoms with Crippen molar-refractivity contribution in [3.05, 3.63) is 34.9 Å². The van der Waals surface area contributed by atoms with Crippen molar-refractivity contribution in [3.8, 4) is 0 Å². The Kier molecular flexibility index (Phi) is 5.70.